The van der Waals surface area contributed by atoms with Crippen LogP contribution >= 0.6 is 0 Å². The van der Waals surface area contributed by atoms with Crippen LogP contribution in [-0.2, 0) is 14.3 Å². The Morgan fingerprint density at radius 2 is 2.00 bits per heavy atom. The summed E-state index contributed by atoms with van der Waals surface area (Å²) in [5.41, 5.74) is 0.174. The number of nitrogens with zero attached hydrogens (tertiary/aromatic N) is 2. The van der Waals surface area contributed by atoms with Crippen LogP contribution in [0.2, 0.25) is 0 Å². The normalized spacial score (nSPS) is 27.1. The number of anilines is 1. The van der Waals surface area contributed by atoms with Crippen LogP contribution in [0.1, 0.15) is 25.7 Å². The Morgan fingerprint density at radius 3 is 2.71 bits per heavy atom. The first-order chi connectivity index (χ1) is 11.5. The number of carbonyl (C=O) groups is 2. The van der Waals surface area contributed by atoms with Crippen LogP contribution < -0.4 is 4.90 Å². The highest BCUT2D eigenvalue weighted by atomic mass is 19.1. The van der Waals surface area contributed by atoms with E-state index >= 15 is 0 Å². The lowest BCUT2D eigenvalue weighted by Crippen LogP contribution is -2.56. The number of amides is 2. The molecule has 0 aromatic heterocycles. The summed E-state index contributed by atoms with van der Waals surface area (Å²) in [5, 5.41) is 0. The van der Waals surface area contributed by atoms with E-state index in [2.05, 4.69) is 0 Å². The van der Waals surface area contributed by atoms with Crippen molar-refractivity contribution in [3.63, 3.8) is 0 Å². The standard InChI is InChI=1S/C18H21FN2O3/c19-14-3-5-15(6-4-14)21-12-18(24-10-17(21)23)7-8-20(11-18)16(22)9-13-1-2-13/h3-6,13H,1-2,7-12H2. The number of ether oxygens (including phenoxy) is 1. The minimum atomic E-state index is -0.499. The minimum Gasteiger partial charge on any atom is -0.361 e. The highest BCUT2D eigenvalue weighted by Gasteiger charge is 2.46. The van der Waals surface area contributed by atoms with Gasteiger partial charge in [0.2, 0.25) is 5.91 Å². The smallest absolute Gasteiger partial charge is 0.253 e. The molecule has 5 nitrogen and oxygen atoms in total. The minimum absolute atomic E-state index is 0.00202. The van der Waals surface area contributed by atoms with Gasteiger partial charge in [-0.25, -0.2) is 4.39 Å². The fourth-order valence-electron chi connectivity index (χ4n) is 3.57. The Kier molecular flexibility index (Phi) is 3.79. The van der Waals surface area contributed by atoms with E-state index in [1.165, 1.54) is 12.1 Å². The van der Waals surface area contributed by atoms with Crippen molar-refractivity contribution >= 4 is 17.5 Å². The zero-order valence-electron chi connectivity index (χ0n) is 13.5. The van der Waals surface area contributed by atoms with Gasteiger partial charge >= 0.3 is 0 Å². The van der Waals surface area contributed by atoms with Crippen LogP contribution in [-0.4, -0.2) is 48.6 Å². The zero-order valence-corrected chi connectivity index (χ0v) is 13.5. The van der Waals surface area contributed by atoms with Crippen molar-refractivity contribution < 1.29 is 18.7 Å². The average molecular weight is 332 g/mol. The van der Waals surface area contributed by atoms with E-state index in [-0.39, 0.29) is 24.2 Å². The molecule has 2 aliphatic heterocycles. The van der Waals surface area contributed by atoms with Gasteiger partial charge < -0.3 is 14.5 Å². The summed E-state index contributed by atoms with van der Waals surface area (Å²) in [4.78, 5) is 28.1. The Hall–Kier alpha value is -1.95. The van der Waals surface area contributed by atoms with Crippen LogP contribution in [0.5, 0.6) is 0 Å². The molecule has 3 aliphatic rings. The van der Waals surface area contributed by atoms with Gasteiger partial charge in [0.1, 0.15) is 18.0 Å². The summed E-state index contributed by atoms with van der Waals surface area (Å²) in [6.07, 6.45) is 3.69. The number of likely N-dealkylation sites (tertiary alicyclic amines) is 1. The highest BCUT2D eigenvalue weighted by Crippen LogP contribution is 2.36. The van der Waals surface area contributed by atoms with E-state index in [9.17, 15) is 14.0 Å². The maximum atomic E-state index is 13.1. The monoisotopic (exact) mass is 332 g/mol. The predicted molar refractivity (Wildman–Crippen MR) is 86.0 cm³/mol. The number of carbonyl (C=O) groups excluding carboxylic acids is 2. The van der Waals surface area contributed by atoms with Crippen molar-refractivity contribution in [2.24, 2.45) is 5.92 Å². The molecule has 1 aromatic rings. The number of halogens is 1. The number of morpholine rings is 1. The number of rotatable bonds is 3. The Bertz CT molecular complexity index is 659. The first-order valence-corrected chi connectivity index (χ1v) is 8.52. The van der Waals surface area contributed by atoms with Crippen LogP contribution in [0.3, 0.4) is 0 Å². The summed E-state index contributed by atoms with van der Waals surface area (Å²) in [6.45, 7) is 1.62. The zero-order chi connectivity index (χ0) is 16.7. The molecule has 1 aromatic carbocycles. The summed E-state index contributed by atoms with van der Waals surface area (Å²) in [7, 11) is 0. The molecule has 24 heavy (non-hydrogen) atoms. The topological polar surface area (TPSA) is 49.9 Å². The maximum absolute atomic E-state index is 13.1. The molecular formula is C18H21FN2O3. The first kappa shape index (κ1) is 15.6. The lowest BCUT2D eigenvalue weighted by Gasteiger charge is -2.40. The molecule has 2 saturated heterocycles. The molecule has 0 N–H and O–H groups in total. The van der Waals surface area contributed by atoms with Crippen molar-refractivity contribution in [2.45, 2.75) is 31.3 Å². The number of hydrogen-bond donors (Lipinski definition) is 0. The summed E-state index contributed by atoms with van der Waals surface area (Å²) >= 11 is 0. The van der Waals surface area contributed by atoms with E-state index < -0.39 is 5.60 Å². The molecule has 2 heterocycles. The van der Waals surface area contributed by atoms with Gasteiger partial charge in [0.05, 0.1) is 13.1 Å². The second-order valence-electron chi connectivity index (χ2n) is 7.14. The quantitative estimate of drug-likeness (QED) is 0.850. The van der Waals surface area contributed by atoms with Crippen molar-refractivity contribution in [2.75, 3.05) is 31.1 Å². The van der Waals surface area contributed by atoms with Gasteiger partial charge in [0.15, 0.2) is 0 Å². The first-order valence-electron chi connectivity index (χ1n) is 8.52. The fraction of sp³-hybridized carbons (Fsp3) is 0.556. The highest BCUT2D eigenvalue weighted by molar-refractivity contribution is 5.95. The van der Waals surface area contributed by atoms with Crippen molar-refractivity contribution in [1.82, 2.24) is 4.90 Å². The maximum Gasteiger partial charge on any atom is 0.253 e. The van der Waals surface area contributed by atoms with Gasteiger partial charge in [0, 0.05) is 18.7 Å². The van der Waals surface area contributed by atoms with Crippen molar-refractivity contribution in [3.05, 3.63) is 30.1 Å². The lowest BCUT2D eigenvalue weighted by molar-refractivity contribution is -0.139. The average Bonchev–Trinajstić information content (AvgIpc) is 3.29. The Labute approximate surface area is 140 Å². The molecule has 1 saturated carbocycles. The molecule has 128 valence electrons. The summed E-state index contributed by atoms with van der Waals surface area (Å²) in [6, 6.07) is 5.92. The molecule has 4 rings (SSSR count). The molecular weight excluding hydrogens is 311 g/mol. The van der Waals surface area contributed by atoms with Gasteiger partial charge in [0.25, 0.3) is 5.91 Å². The summed E-state index contributed by atoms with van der Waals surface area (Å²) in [5.74, 6) is 0.309. The van der Waals surface area contributed by atoms with E-state index in [0.29, 0.717) is 37.7 Å². The van der Waals surface area contributed by atoms with E-state index in [1.807, 2.05) is 4.90 Å². The Morgan fingerprint density at radius 1 is 1.25 bits per heavy atom. The molecule has 1 spiro atoms. The second-order valence-corrected chi connectivity index (χ2v) is 7.14. The lowest BCUT2D eigenvalue weighted by atomic mass is 10.00. The molecule has 1 aliphatic carbocycles. The Balaban J connectivity index is 1.46. The molecule has 6 heteroatoms. The molecule has 3 fully saturated rings. The van der Waals surface area contributed by atoms with Gasteiger partial charge in [-0.05, 0) is 49.4 Å². The van der Waals surface area contributed by atoms with Gasteiger partial charge in [-0.2, -0.15) is 0 Å². The van der Waals surface area contributed by atoms with Crippen LogP contribution in [0.15, 0.2) is 24.3 Å². The predicted octanol–water partition coefficient (Wildman–Crippen LogP) is 1.96. The van der Waals surface area contributed by atoms with Gasteiger partial charge in [-0.1, -0.05) is 0 Å². The van der Waals surface area contributed by atoms with Gasteiger partial charge in [-0.15, -0.1) is 0 Å². The third kappa shape index (κ3) is 3.02. The largest absolute Gasteiger partial charge is 0.361 e. The van der Waals surface area contributed by atoms with Crippen LogP contribution in [0.25, 0.3) is 0 Å². The van der Waals surface area contributed by atoms with Crippen molar-refractivity contribution in [3.8, 4) is 0 Å². The SMILES string of the molecule is O=C(CC1CC1)N1CCC2(C1)CN(c1ccc(F)cc1)C(=O)CO2. The van der Waals surface area contributed by atoms with E-state index in [0.717, 1.165) is 19.3 Å². The van der Waals surface area contributed by atoms with E-state index in [4.69, 9.17) is 4.74 Å². The van der Waals surface area contributed by atoms with Crippen LogP contribution in [0, 0.1) is 11.7 Å². The van der Waals surface area contributed by atoms with Crippen molar-refractivity contribution in [1.29, 1.82) is 0 Å². The molecule has 1 atom stereocenters. The molecule has 0 radical (unpaired) electrons. The number of hydrogen-bond acceptors (Lipinski definition) is 3. The second kappa shape index (κ2) is 5.84. The molecule has 2 amide bonds. The number of benzene rings is 1. The fourth-order valence-corrected chi connectivity index (χ4v) is 3.57. The molecule has 1 unspecified atom stereocenters. The van der Waals surface area contributed by atoms with Crippen LogP contribution in [0.4, 0.5) is 10.1 Å². The molecule has 0 bridgehead atoms. The van der Waals surface area contributed by atoms with E-state index in [1.54, 1.807) is 17.0 Å². The van der Waals surface area contributed by atoms with Gasteiger partial charge in [-0.3, -0.25) is 9.59 Å². The third-order valence-electron chi connectivity index (χ3n) is 5.22. The third-order valence-corrected chi connectivity index (χ3v) is 5.22. The summed E-state index contributed by atoms with van der Waals surface area (Å²) < 4.78 is 19.0.